The van der Waals surface area contributed by atoms with Crippen LogP contribution in [0.25, 0.3) is 11.0 Å². The summed E-state index contributed by atoms with van der Waals surface area (Å²) in [6, 6.07) is 4.26. The Labute approximate surface area is 133 Å². The largest absolute Gasteiger partial charge is 0.586 e. The lowest BCUT2D eigenvalue weighted by Crippen LogP contribution is -2.25. The molecule has 1 aliphatic rings. The minimum atomic E-state index is -3.69. The minimum absolute atomic E-state index is 0.102. The summed E-state index contributed by atoms with van der Waals surface area (Å²) in [5, 5.41) is 2.60. The van der Waals surface area contributed by atoms with Crippen molar-refractivity contribution < 1.29 is 27.5 Å². The molecular formula is C15H11F2N3O4. The maximum Gasteiger partial charge on any atom is 0.586 e. The van der Waals surface area contributed by atoms with E-state index in [1.54, 1.807) is 19.9 Å². The van der Waals surface area contributed by atoms with Gasteiger partial charge in [0.25, 0.3) is 5.91 Å². The predicted molar refractivity (Wildman–Crippen MR) is 78.4 cm³/mol. The van der Waals surface area contributed by atoms with Crippen molar-refractivity contribution in [2.75, 3.05) is 5.32 Å². The van der Waals surface area contributed by atoms with Crippen molar-refractivity contribution in [2.24, 2.45) is 0 Å². The molecule has 1 aliphatic heterocycles. The maximum absolute atomic E-state index is 13.0. The molecule has 1 amide bonds. The second-order valence-corrected chi connectivity index (χ2v) is 5.35. The highest BCUT2D eigenvalue weighted by Gasteiger charge is 2.43. The summed E-state index contributed by atoms with van der Waals surface area (Å²) in [6.07, 6.45) is -3.69. The van der Waals surface area contributed by atoms with Gasteiger partial charge in [-0.05, 0) is 19.9 Å². The van der Waals surface area contributed by atoms with Crippen LogP contribution in [0.3, 0.4) is 0 Å². The molecule has 2 aromatic heterocycles. The fraction of sp³-hybridized carbons (Fsp3) is 0.200. The second kappa shape index (κ2) is 4.70. The first-order valence-corrected chi connectivity index (χ1v) is 6.99. The minimum Gasteiger partial charge on any atom is -0.466 e. The van der Waals surface area contributed by atoms with Crippen LogP contribution in [0.15, 0.2) is 22.6 Å². The van der Waals surface area contributed by atoms with E-state index in [1.807, 2.05) is 0 Å². The van der Waals surface area contributed by atoms with E-state index in [2.05, 4.69) is 24.8 Å². The maximum atomic E-state index is 13.0. The van der Waals surface area contributed by atoms with Crippen LogP contribution in [0.1, 0.15) is 21.9 Å². The average molecular weight is 335 g/mol. The third kappa shape index (κ3) is 2.34. The molecule has 0 radical (unpaired) electrons. The molecule has 1 aromatic carbocycles. The number of carbonyl (C=O) groups excluding carboxylic acids is 1. The number of halogens is 2. The highest BCUT2D eigenvalue weighted by molar-refractivity contribution is 6.04. The summed E-state index contributed by atoms with van der Waals surface area (Å²) < 4.78 is 40.1. The fourth-order valence-corrected chi connectivity index (χ4v) is 2.54. The Morgan fingerprint density at radius 2 is 1.92 bits per heavy atom. The number of rotatable bonds is 2. The molecule has 0 aliphatic carbocycles. The molecule has 0 saturated carbocycles. The number of hydrogen-bond acceptors (Lipinski definition) is 5. The summed E-state index contributed by atoms with van der Waals surface area (Å²) >= 11 is 0. The highest BCUT2D eigenvalue weighted by Crippen LogP contribution is 2.42. The van der Waals surface area contributed by atoms with Gasteiger partial charge < -0.3 is 18.9 Å². The predicted octanol–water partition coefficient (Wildman–Crippen LogP) is 3.35. The highest BCUT2D eigenvalue weighted by atomic mass is 19.3. The molecule has 0 bridgehead atoms. The monoisotopic (exact) mass is 335 g/mol. The van der Waals surface area contributed by atoms with Gasteiger partial charge in [0, 0.05) is 12.1 Å². The molecular weight excluding hydrogens is 324 g/mol. The zero-order valence-electron chi connectivity index (χ0n) is 12.6. The summed E-state index contributed by atoms with van der Waals surface area (Å²) in [5.74, 6) is 0.671. The van der Waals surface area contributed by atoms with Crippen LogP contribution in [0.5, 0.6) is 11.5 Å². The van der Waals surface area contributed by atoms with E-state index in [0.717, 1.165) is 0 Å². The third-order valence-electron chi connectivity index (χ3n) is 3.52. The third-order valence-corrected chi connectivity index (χ3v) is 3.52. The average Bonchev–Trinajstić information content (AvgIpc) is 3.08. The summed E-state index contributed by atoms with van der Waals surface area (Å²) in [4.78, 5) is 19.2. The van der Waals surface area contributed by atoms with E-state index >= 15 is 0 Å². The fourth-order valence-electron chi connectivity index (χ4n) is 2.54. The smallest absolute Gasteiger partial charge is 0.466 e. The van der Waals surface area contributed by atoms with Gasteiger partial charge in [0.1, 0.15) is 11.5 Å². The van der Waals surface area contributed by atoms with Crippen LogP contribution in [0.4, 0.5) is 14.7 Å². The van der Waals surface area contributed by atoms with Crippen molar-refractivity contribution in [3.63, 3.8) is 0 Å². The van der Waals surface area contributed by atoms with Gasteiger partial charge in [-0.3, -0.25) is 10.1 Å². The Hall–Kier alpha value is -3.10. The number of carbonyl (C=O) groups is 1. The van der Waals surface area contributed by atoms with E-state index in [0.29, 0.717) is 28.1 Å². The van der Waals surface area contributed by atoms with Crippen LogP contribution in [-0.2, 0) is 0 Å². The summed E-state index contributed by atoms with van der Waals surface area (Å²) in [5.41, 5.74) is 1.16. The van der Waals surface area contributed by atoms with Crippen molar-refractivity contribution in [3.05, 3.63) is 35.3 Å². The number of aromatic nitrogens is 2. The molecule has 7 nitrogen and oxygen atoms in total. The number of nitrogens with zero attached hydrogens (tertiary/aromatic N) is 1. The lowest BCUT2D eigenvalue weighted by Gasteiger charge is -2.04. The van der Waals surface area contributed by atoms with Gasteiger partial charge in [0.15, 0.2) is 11.5 Å². The van der Waals surface area contributed by atoms with Gasteiger partial charge in [-0.1, -0.05) is 0 Å². The van der Waals surface area contributed by atoms with Crippen LogP contribution in [0.2, 0.25) is 0 Å². The Morgan fingerprint density at radius 1 is 1.21 bits per heavy atom. The zero-order valence-corrected chi connectivity index (χ0v) is 12.6. The Kier molecular flexibility index (Phi) is 2.84. The van der Waals surface area contributed by atoms with Crippen LogP contribution < -0.4 is 14.8 Å². The number of hydrogen-bond donors (Lipinski definition) is 2. The van der Waals surface area contributed by atoms with Crippen molar-refractivity contribution in [2.45, 2.75) is 20.1 Å². The second-order valence-electron chi connectivity index (χ2n) is 5.35. The Morgan fingerprint density at radius 3 is 2.58 bits per heavy atom. The first kappa shape index (κ1) is 14.5. The number of nitrogens with one attached hydrogen (secondary N) is 2. The molecule has 0 saturated heterocycles. The number of furan rings is 1. The van der Waals surface area contributed by atoms with E-state index in [4.69, 9.17) is 4.42 Å². The van der Waals surface area contributed by atoms with Crippen molar-refractivity contribution >= 4 is 22.9 Å². The molecule has 3 heterocycles. The van der Waals surface area contributed by atoms with E-state index in [9.17, 15) is 13.6 Å². The zero-order chi connectivity index (χ0) is 17.1. The molecule has 9 heteroatoms. The number of aryl methyl sites for hydroxylation is 2. The Balaban J connectivity index is 1.63. The topological polar surface area (TPSA) is 89.4 Å². The standard InChI is InChI=1S/C15H11F2N3O4/c1-6-3-8(7(2)22-6)13(21)20-14-18-9-4-11-12(5-10(9)19-14)24-15(16,17)23-11/h3-5H,1-2H3,(H2,18,19,20,21). The molecule has 24 heavy (non-hydrogen) atoms. The number of ether oxygens (including phenoxy) is 2. The number of alkyl halides is 2. The van der Waals surface area contributed by atoms with E-state index in [1.165, 1.54) is 12.1 Å². The molecule has 0 unspecified atom stereocenters. The lowest BCUT2D eigenvalue weighted by atomic mass is 10.2. The summed E-state index contributed by atoms with van der Waals surface area (Å²) in [6.45, 7) is 3.42. The number of anilines is 1. The lowest BCUT2D eigenvalue weighted by molar-refractivity contribution is -0.286. The SMILES string of the molecule is Cc1cc(C(=O)Nc2nc3cc4c(cc3[nH]2)OC(F)(F)O4)c(C)o1. The summed E-state index contributed by atoms with van der Waals surface area (Å²) in [7, 11) is 0. The molecule has 2 N–H and O–H groups in total. The van der Waals surface area contributed by atoms with Gasteiger partial charge in [0.05, 0.1) is 16.6 Å². The first-order valence-electron chi connectivity index (χ1n) is 6.99. The van der Waals surface area contributed by atoms with Gasteiger partial charge in [-0.2, -0.15) is 0 Å². The van der Waals surface area contributed by atoms with Gasteiger partial charge >= 0.3 is 6.29 Å². The number of fused-ring (bicyclic) bond motifs is 2. The van der Waals surface area contributed by atoms with Gasteiger partial charge in [-0.25, -0.2) is 4.98 Å². The Bertz CT molecular complexity index is 932. The molecule has 0 atom stereocenters. The van der Waals surface area contributed by atoms with E-state index in [-0.39, 0.29) is 17.4 Å². The number of imidazole rings is 1. The van der Waals surface area contributed by atoms with Crippen molar-refractivity contribution in [3.8, 4) is 11.5 Å². The first-order chi connectivity index (χ1) is 11.3. The van der Waals surface area contributed by atoms with E-state index < -0.39 is 12.2 Å². The van der Waals surface area contributed by atoms with Crippen LogP contribution in [0, 0.1) is 13.8 Å². The van der Waals surface area contributed by atoms with Crippen molar-refractivity contribution in [1.29, 1.82) is 0 Å². The number of aromatic amines is 1. The normalized spacial score (nSPS) is 15.0. The molecule has 0 spiro atoms. The molecule has 124 valence electrons. The van der Waals surface area contributed by atoms with Crippen LogP contribution >= 0.6 is 0 Å². The number of H-pyrrole nitrogens is 1. The number of benzene rings is 1. The van der Waals surface area contributed by atoms with Crippen molar-refractivity contribution in [1.82, 2.24) is 9.97 Å². The van der Waals surface area contributed by atoms with Gasteiger partial charge in [-0.15, -0.1) is 8.78 Å². The van der Waals surface area contributed by atoms with Gasteiger partial charge in [0.2, 0.25) is 5.95 Å². The molecule has 0 fully saturated rings. The molecule has 3 aromatic rings. The quantitative estimate of drug-likeness (QED) is 0.750. The molecule has 4 rings (SSSR count). The number of amides is 1. The van der Waals surface area contributed by atoms with Crippen LogP contribution in [-0.4, -0.2) is 22.2 Å².